The maximum atomic E-state index is 12.6. The summed E-state index contributed by atoms with van der Waals surface area (Å²) in [4.78, 5) is 14.5. The molecule has 0 aromatic carbocycles. The number of carboxylic acids is 1. The summed E-state index contributed by atoms with van der Waals surface area (Å²) in [5, 5.41) is 11.8. The molecule has 1 aromatic heterocycles. The Morgan fingerprint density at radius 1 is 1.42 bits per heavy atom. The molecule has 0 saturated heterocycles. The fourth-order valence-electron chi connectivity index (χ4n) is 1.36. The van der Waals surface area contributed by atoms with E-state index in [2.05, 4.69) is 10.3 Å². The number of hydrogen-bond acceptors (Lipinski definition) is 3. The number of pyridine rings is 1. The van der Waals surface area contributed by atoms with Gasteiger partial charge in [0, 0.05) is 11.7 Å². The highest BCUT2D eigenvalue weighted by Gasteiger charge is 2.36. The first kappa shape index (κ1) is 15.3. The molecule has 1 aromatic rings. The monoisotopic (exact) mass is 276 g/mol. The van der Waals surface area contributed by atoms with Gasteiger partial charge >= 0.3 is 12.1 Å². The summed E-state index contributed by atoms with van der Waals surface area (Å²) in [5.41, 5.74) is -2.44. The summed E-state index contributed by atoms with van der Waals surface area (Å²) in [6.07, 6.45) is -3.49. The number of nitrogens with one attached hydrogen (secondary N) is 1. The lowest BCUT2D eigenvalue weighted by molar-refractivity contribution is -0.138. The number of carboxylic acid groups (broad SMARTS) is 1. The molecular formula is C12H15F3N2O2. The molecule has 0 saturated carbocycles. The van der Waals surface area contributed by atoms with Gasteiger partial charge in [-0.1, -0.05) is 6.92 Å². The third-order valence-corrected chi connectivity index (χ3v) is 2.79. The second-order valence-corrected chi connectivity index (χ2v) is 4.78. The molecule has 0 unspecified atom stereocenters. The highest BCUT2D eigenvalue weighted by Crippen LogP contribution is 2.32. The normalized spacial score (nSPS) is 12.3. The number of rotatable bonds is 4. The van der Waals surface area contributed by atoms with Crippen molar-refractivity contribution >= 4 is 11.8 Å². The van der Waals surface area contributed by atoms with Crippen LogP contribution in [0.4, 0.5) is 19.0 Å². The molecule has 1 heterocycles. The molecule has 0 atom stereocenters. The van der Waals surface area contributed by atoms with Crippen LogP contribution >= 0.6 is 0 Å². The Bertz CT molecular complexity index is 484. The van der Waals surface area contributed by atoms with E-state index in [4.69, 9.17) is 5.11 Å². The highest BCUT2D eigenvalue weighted by atomic mass is 19.4. The summed E-state index contributed by atoms with van der Waals surface area (Å²) < 4.78 is 37.9. The van der Waals surface area contributed by atoms with Crippen molar-refractivity contribution in [3.8, 4) is 0 Å². The summed E-state index contributed by atoms with van der Waals surface area (Å²) in [5.74, 6) is -1.52. The predicted molar refractivity (Wildman–Crippen MR) is 64.2 cm³/mol. The molecule has 4 nitrogen and oxygen atoms in total. The molecule has 1 rings (SSSR count). The van der Waals surface area contributed by atoms with E-state index in [9.17, 15) is 18.0 Å². The van der Waals surface area contributed by atoms with E-state index in [1.807, 2.05) is 20.8 Å². The summed E-state index contributed by atoms with van der Waals surface area (Å²) in [6.45, 7) is 5.58. The van der Waals surface area contributed by atoms with Gasteiger partial charge in [-0.15, -0.1) is 0 Å². The van der Waals surface area contributed by atoms with Crippen LogP contribution in [0, 0.1) is 0 Å². The van der Waals surface area contributed by atoms with Crippen molar-refractivity contribution in [2.45, 2.75) is 38.9 Å². The van der Waals surface area contributed by atoms with E-state index in [1.54, 1.807) is 0 Å². The molecule has 0 fully saturated rings. The molecule has 0 aliphatic rings. The molecular weight excluding hydrogens is 261 g/mol. The summed E-state index contributed by atoms with van der Waals surface area (Å²) in [7, 11) is 0. The van der Waals surface area contributed by atoms with Gasteiger partial charge in [0.25, 0.3) is 0 Å². The van der Waals surface area contributed by atoms with E-state index in [1.165, 1.54) is 0 Å². The molecule has 19 heavy (non-hydrogen) atoms. The number of halogens is 3. The number of aromatic carboxylic acids is 1. The van der Waals surface area contributed by atoms with E-state index >= 15 is 0 Å². The number of anilines is 1. The average Bonchev–Trinajstić information content (AvgIpc) is 2.26. The minimum absolute atomic E-state index is 0.109. The Morgan fingerprint density at radius 2 is 2.00 bits per heavy atom. The molecule has 0 aliphatic heterocycles. The van der Waals surface area contributed by atoms with Crippen molar-refractivity contribution in [2.24, 2.45) is 0 Å². The molecule has 0 aliphatic carbocycles. The summed E-state index contributed by atoms with van der Waals surface area (Å²) >= 11 is 0. The molecule has 0 bridgehead atoms. The Balaban J connectivity index is 3.21. The zero-order valence-electron chi connectivity index (χ0n) is 10.8. The average molecular weight is 276 g/mol. The maximum absolute atomic E-state index is 12.6. The highest BCUT2D eigenvalue weighted by molar-refractivity contribution is 5.90. The van der Waals surface area contributed by atoms with Crippen LogP contribution in [-0.4, -0.2) is 21.6 Å². The molecule has 0 amide bonds. The van der Waals surface area contributed by atoms with Crippen molar-refractivity contribution in [1.82, 2.24) is 4.98 Å². The van der Waals surface area contributed by atoms with Crippen LogP contribution in [0.15, 0.2) is 12.3 Å². The van der Waals surface area contributed by atoms with Gasteiger partial charge in [0.1, 0.15) is 5.82 Å². The Morgan fingerprint density at radius 3 is 2.42 bits per heavy atom. The van der Waals surface area contributed by atoms with E-state index in [0.29, 0.717) is 12.6 Å². The van der Waals surface area contributed by atoms with Crippen LogP contribution in [0.1, 0.15) is 43.1 Å². The molecule has 7 heteroatoms. The van der Waals surface area contributed by atoms with Gasteiger partial charge in [-0.25, -0.2) is 9.78 Å². The maximum Gasteiger partial charge on any atom is 0.418 e. The zero-order chi connectivity index (χ0) is 14.8. The Labute approximate surface area is 108 Å². The van der Waals surface area contributed by atoms with Crippen LogP contribution < -0.4 is 5.32 Å². The number of hydrogen-bond donors (Lipinski definition) is 2. The van der Waals surface area contributed by atoms with Gasteiger partial charge < -0.3 is 10.4 Å². The first-order chi connectivity index (χ1) is 8.57. The number of alkyl halides is 3. The van der Waals surface area contributed by atoms with Crippen LogP contribution in [0.5, 0.6) is 0 Å². The van der Waals surface area contributed by atoms with Gasteiger partial charge in [0.15, 0.2) is 0 Å². The van der Waals surface area contributed by atoms with Crippen molar-refractivity contribution in [3.63, 3.8) is 0 Å². The first-order valence-corrected chi connectivity index (χ1v) is 5.65. The second kappa shape index (κ2) is 5.07. The molecule has 0 radical (unpaired) electrons. The lowest BCUT2D eigenvalue weighted by Gasteiger charge is -2.25. The van der Waals surface area contributed by atoms with E-state index in [0.717, 1.165) is 6.07 Å². The Hall–Kier alpha value is -1.79. The second-order valence-electron chi connectivity index (χ2n) is 4.78. The fourth-order valence-corrected chi connectivity index (χ4v) is 1.36. The predicted octanol–water partition coefficient (Wildman–Crippen LogP) is 3.40. The van der Waals surface area contributed by atoms with Crippen molar-refractivity contribution in [2.75, 3.05) is 5.32 Å². The van der Waals surface area contributed by atoms with Crippen molar-refractivity contribution < 1.29 is 23.1 Å². The number of nitrogens with zero attached hydrogens (tertiary/aromatic N) is 1. The Kier molecular flexibility index (Phi) is 4.07. The van der Waals surface area contributed by atoms with E-state index in [-0.39, 0.29) is 11.4 Å². The minimum Gasteiger partial charge on any atom is -0.478 e. The molecule has 106 valence electrons. The van der Waals surface area contributed by atoms with Gasteiger partial charge in [-0.3, -0.25) is 0 Å². The van der Waals surface area contributed by atoms with Crippen LogP contribution in [0.25, 0.3) is 0 Å². The lowest BCUT2D eigenvalue weighted by Crippen LogP contribution is -2.30. The number of aromatic nitrogens is 1. The largest absolute Gasteiger partial charge is 0.478 e. The van der Waals surface area contributed by atoms with Crippen LogP contribution in [-0.2, 0) is 6.18 Å². The van der Waals surface area contributed by atoms with Crippen molar-refractivity contribution in [3.05, 3.63) is 23.4 Å². The van der Waals surface area contributed by atoms with Gasteiger partial charge in [-0.2, -0.15) is 13.2 Å². The lowest BCUT2D eigenvalue weighted by atomic mass is 10.0. The quantitative estimate of drug-likeness (QED) is 0.884. The smallest absolute Gasteiger partial charge is 0.418 e. The zero-order valence-corrected chi connectivity index (χ0v) is 10.8. The van der Waals surface area contributed by atoms with Gasteiger partial charge in [0.05, 0.1) is 11.1 Å². The van der Waals surface area contributed by atoms with Gasteiger partial charge in [-0.05, 0) is 26.3 Å². The summed E-state index contributed by atoms with van der Waals surface area (Å²) in [6, 6.07) is 0.905. The fraction of sp³-hybridized carbons (Fsp3) is 0.500. The minimum atomic E-state index is -4.74. The third-order valence-electron chi connectivity index (χ3n) is 2.79. The first-order valence-electron chi connectivity index (χ1n) is 5.65. The number of carbonyl (C=O) groups is 1. The van der Waals surface area contributed by atoms with Crippen LogP contribution in [0.3, 0.4) is 0 Å². The third kappa shape index (κ3) is 3.84. The topological polar surface area (TPSA) is 62.2 Å². The van der Waals surface area contributed by atoms with E-state index < -0.39 is 23.3 Å². The van der Waals surface area contributed by atoms with Gasteiger partial charge in [0.2, 0.25) is 0 Å². The van der Waals surface area contributed by atoms with Crippen molar-refractivity contribution in [1.29, 1.82) is 0 Å². The molecule has 0 spiro atoms. The molecule has 2 N–H and O–H groups in total. The standard InChI is InChI=1S/C12H15F3N2O2/c1-4-11(2,3)17-9-5-7(10(18)19)8(6-16-9)12(13,14)15/h5-6H,4H2,1-3H3,(H,16,17)(H,18,19). The van der Waals surface area contributed by atoms with Crippen LogP contribution in [0.2, 0.25) is 0 Å². The SMILES string of the molecule is CCC(C)(C)Nc1cc(C(=O)O)c(C(F)(F)F)cn1.